The summed E-state index contributed by atoms with van der Waals surface area (Å²) in [6, 6.07) is 7.15. The number of hydrogen-bond donors (Lipinski definition) is 1. The molecule has 0 unspecified atom stereocenters. The summed E-state index contributed by atoms with van der Waals surface area (Å²) in [5.41, 5.74) is 3.36. The van der Waals surface area contributed by atoms with Gasteiger partial charge in [-0.2, -0.15) is 5.10 Å². The second kappa shape index (κ2) is 6.93. The number of nitrogens with zero attached hydrogens (tertiary/aromatic N) is 6. The fourth-order valence-corrected chi connectivity index (χ4v) is 2.29. The van der Waals surface area contributed by atoms with Crippen LogP contribution in [0.1, 0.15) is 11.3 Å². The number of benzene rings is 1. The average Bonchev–Trinajstić information content (AvgIpc) is 2.97. The monoisotopic (exact) mass is 355 g/mol. The minimum absolute atomic E-state index is 0.0777. The highest BCUT2D eigenvalue weighted by Gasteiger charge is 2.17. The third-order valence-corrected chi connectivity index (χ3v) is 3.37. The lowest BCUT2D eigenvalue weighted by Crippen LogP contribution is -2.44. The number of nitro groups is 1. The Morgan fingerprint density at radius 2 is 2.27 bits per heavy atom. The number of hydrogen-bond acceptors (Lipinski definition) is 7. The number of carbonyl (C=O) groups excluding carboxylic acids is 1. The van der Waals surface area contributed by atoms with Gasteiger partial charge in [0.15, 0.2) is 6.54 Å². The van der Waals surface area contributed by atoms with Crippen molar-refractivity contribution in [2.45, 2.75) is 13.5 Å². The number of nitrogens with one attached hydrogen (secondary N) is 1. The first-order chi connectivity index (χ1) is 12.4. The Hall–Kier alpha value is -3.89. The molecule has 0 spiro atoms. The molecule has 0 saturated heterocycles. The molecule has 2 heterocycles. The number of rotatable bonds is 5. The maximum absolute atomic E-state index is 12.0. The van der Waals surface area contributed by atoms with E-state index in [-0.39, 0.29) is 23.6 Å². The molecule has 1 N–H and O–H groups in total. The van der Waals surface area contributed by atoms with Gasteiger partial charge in [-0.05, 0) is 23.8 Å². The van der Waals surface area contributed by atoms with Gasteiger partial charge in [0.1, 0.15) is 0 Å². The summed E-state index contributed by atoms with van der Waals surface area (Å²) in [6.45, 7) is 1.45. The number of non-ortho nitro benzene ring substituents is 1. The van der Waals surface area contributed by atoms with E-state index in [9.17, 15) is 20.0 Å². The van der Waals surface area contributed by atoms with Crippen LogP contribution in [0.3, 0.4) is 0 Å². The minimum Gasteiger partial charge on any atom is -0.867 e. The molecule has 0 bridgehead atoms. The highest BCUT2D eigenvalue weighted by atomic mass is 16.6. The molecule has 11 heteroatoms. The summed E-state index contributed by atoms with van der Waals surface area (Å²) >= 11 is 0. The van der Waals surface area contributed by atoms with Crippen molar-refractivity contribution in [3.8, 4) is 5.75 Å². The maximum atomic E-state index is 12.0. The van der Waals surface area contributed by atoms with Crippen LogP contribution in [0.5, 0.6) is 5.75 Å². The normalized spacial score (nSPS) is 11.1. The lowest BCUT2D eigenvalue weighted by Gasteiger charge is -2.04. The quantitative estimate of drug-likeness (QED) is 0.282. The zero-order valence-electron chi connectivity index (χ0n) is 13.6. The Kier molecular flexibility index (Phi) is 4.51. The van der Waals surface area contributed by atoms with Gasteiger partial charge in [-0.25, -0.2) is 5.43 Å². The van der Waals surface area contributed by atoms with Gasteiger partial charge < -0.3 is 5.11 Å². The molecule has 2 aromatic heterocycles. The number of aryl methyl sites for hydroxylation is 1. The topological polar surface area (TPSA) is 142 Å². The third kappa shape index (κ3) is 3.61. The van der Waals surface area contributed by atoms with Crippen molar-refractivity contribution >= 4 is 23.5 Å². The smallest absolute Gasteiger partial charge is 0.321 e. The maximum Gasteiger partial charge on any atom is 0.321 e. The SMILES string of the molecule is Cc1cc([O-])c2n(cn[n+]2CC(=O)NN=Cc2cccc([N+](=O)[O-])c2)n1. The number of aromatic nitrogens is 4. The van der Waals surface area contributed by atoms with E-state index in [2.05, 4.69) is 20.7 Å². The van der Waals surface area contributed by atoms with E-state index in [0.717, 1.165) is 0 Å². The number of amides is 1. The van der Waals surface area contributed by atoms with Crippen LogP contribution in [-0.2, 0) is 11.3 Å². The van der Waals surface area contributed by atoms with Crippen LogP contribution >= 0.6 is 0 Å². The second-order valence-corrected chi connectivity index (χ2v) is 5.35. The summed E-state index contributed by atoms with van der Waals surface area (Å²) in [4.78, 5) is 22.2. The first kappa shape index (κ1) is 17.0. The minimum atomic E-state index is -0.521. The van der Waals surface area contributed by atoms with Crippen molar-refractivity contribution in [1.82, 2.24) is 20.1 Å². The van der Waals surface area contributed by atoms with Crippen LogP contribution < -0.4 is 15.2 Å². The van der Waals surface area contributed by atoms with Crippen LogP contribution in [-0.4, -0.2) is 31.8 Å². The molecular weight excluding hydrogens is 342 g/mol. The van der Waals surface area contributed by atoms with Crippen LogP contribution in [0.15, 0.2) is 41.8 Å². The van der Waals surface area contributed by atoms with Crippen molar-refractivity contribution in [3.63, 3.8) is 0 Å². The first-order valence-corrected chi connectivity index (χ1v) is 7.42. The Morgan fingerprint density at radius 1 is 1.46 bits per heavy atom. The van der Waals surface area contributed by atoms with Crippen LogP contribution in [0.2, 0.25) is 0 Å². The Morgan fingerprint density at radius 3 is 3.04 bits per heavy atom. The van der Waals surface area contributed by atoms with Gasteiger partial charge in [-0.15, -0.1) is 4.68 Å². The highest BCUT2D eigenvalue weighted by Crippen LogP contribution is 2.11. The molecule has 3 aromatic rings. The van der Waals surface area contributed by atoms with Gasteiger partial charge in [0, 0.05) is 17.7 Å². The van der Waals surface area contributed by atoms with Crippen molar-refractivity contribution in [1.29, 1.82) is 0 Å². The summed E-state index contributed by atoms with van der Waals surface area (Å²) in [7, 11) is 0. The fraction of sp³-hybridized carbons (Fsp3) is 0.133. The van der Waals surface area contributed by atoms with E-state index < -0.39 is 10.8 Å². The first-order valence-electron chi connectivity index (χ1n) is 7.42. The van der Waals surface area contributed by atoms with Crippen molar-refractivity contribution in [2.75, 3.05) is 0 Å². The number of hydrazone groups is 1. The molecule has 0 saturated carbocycles. The standard InChI is InChI=1S/C15H13N7O4/c1-10-5-13(23)15-20(17-9-21(15)19-10)8-14(24)18-16-7-11-3-2-4-12(6-11)22(25)26/h2-7,9H,8H2,1H3,(H-,18,19,23,24). The number of carbonyl (C=O) groups is 1. The Bertz CT molecular complexity index is 1030. The molecule has 26 heavy (non-hydrogen) atoms. The predicted molar refractivity (Wildman–Crippen MR) is 86.2 cm³/mol. The molecule has 0 aliphatic rings. The van der Waals surface area contributed by atoms with E-state index in [4.69, 9.17) is 0 Å². The second-order valence-electron chi connectivity index (χ2n) is 5.35. The lowest BCUT2D eigenvalue weighted by atomic mass is 10.2. The molecule has 1 aromatic carbocycles. The average molecular weight is 355 g/mol. The summed E-state index contributed by atoms with van der Waals surface area (Å²) in [5, 5.41) is 34.5. The van der Waals surface area contributed by atoms with Crippen LogP contribution in [0.25, 0.3) is 5.65 Å². The molecule has 132 valence electrons. The van der Waals surface area contributed by atoms with E-state index in [1.54, 1.807) is 13.0 Å². The molecule has 11 nitrogen and oxygen atoms in total. The molecule has 0 atom stereocenters. The van der Waals surface area contributed by atoms with E-state index in [1.807, 2.05) is 0 Å². The van der Waals surface area contributed by atoms with Crippen LogP contribution in [0, 0.1) is 17.0 Å². The summed E-state index contributed by atoms with van der Waals surface area (Å²) in [5.74, 6) is -0.819. The lowest BCUT2D eigenvalue weighted by molar-refractivity contribution is -0.717. The highest BCUT2D eigenvalue weighted by molar-refractivity contribution is 5.82. The van der Waals surface area contributed by atoms with Gasteiger partial charge in [-0.1, -0.05) is 21.7 Å². The van der Waals surface area contributed by atoms with Gasteiger partial charge >= 0.3 is 5.65 Å². The van der Waals surface area contributed by atoms with Gasteiger partial charge in [-0.3, -0.25) is 14.9 Å². The number of nitro benzene ring substituents is 1. The molecule has 0 fully saturated rings. The van der Waals surface area contributed by atoms with Gasteiger partial charge in [0.05, 0.1) is 16.8 Å². The van der Waals surface area contributed by atoms with E-state index in [1.165, 1.54) is 46.0 Å². The van der Waals surface area contributed by atoms with Crippen LogP contribution in [0.4, 0.5) is 5.69 Å². The van der Waals surface area contributed by atoms with Crippen molar-refractivity contribution in [2.24, 2.45) is 5.10 Å². The van der Waals surface area contributed by atoms with Gasteiger partial charge in [0.25, 0.3) is 17.9 Å². The Balaban J connectivity index is 1.68. The largest absolute Gasteiger partial charge is 0.867 e. The summed E-state index contributed by atoms with van der Waals surface area (Å²) < 4.78 is 2.52. The zero-order valence-corrected chi connectivity index (χ0v) is 13.6. The summed E-state index contributed by atoms with van der Waals surface area (Å²) in [6.07, 6.45) is 2.62. The van der Waals surface area contributed by atoms with Crippen molar-refractivity contribution < 1.29 is 19.5 Å². The Labute approximate surface area is 146 Å². The van der Waals surface area contributed by atoms with Gasteiger partial charge in [0.2, 0.25) is 0 Å². The van der Waals surface area contributed by atoms with Crippen molar-refractivity contribution in [3.05, 3.63) is 58.0 Å². The molecular formula is C15H13N7O4. The molecule has 0 aliphatic carbocycles. The molecule has 0 radical (unpaired) electrons. The van der Waals surface area contributed by atoms with E-state index >= 15 is 0 Å². The third-order valence-electron chi connectivity index (χ3n) is 3.37. The number of fused-ring (bicyclic) bond motifs is 1. The fourth-order valence-electron chi connectivity index (χ4n) is 2.29. The predicted octanol–water partition coefficient (Wildman–Crippen LogP) is -0.543. The molecule has 3 rings (SSSR count). The molecule has 0 aliphatic heterocycles. The zero-order chi connectivity index (χ0) is 18.7. The molecule has 1 amide bonds. The van der Waals surface area contributed by atoms with E-state index in [0.29, 0.717) is 11.3 Å².